The van der Waals surface area contributed by atoms with Crippen molar-refractivity contribution in [2.75, 3.05) is 6.54 Å². The fourth-order valence-corrected chi connectivity index (χ4v) is 3.19. The molecule has 0 fully saturated rings. The first-order valence-corrected chi connectivity index (χ1v) is 7.52. The highest BCUT2D eigenvalue weighted by atomic mass is 79.9. The molecule has 1 aromatic rings. The zero-order valence-electron chi connectivity index (χ0n) is 10.6. The van der Waals surface area contributed by atoms with Gasteiger partial charge in [-0.25, -0.2) is 0 Å². The van der Waals surface area contributed by atoms with E-state index in [0.29, 0.717) is 11.5 Å². The van der Waals surface area contributed by atoms with Crippen LogP contribution in [0.1, 0.15) is 39.0 Å². The minimum absolute atomic E-state index is 0.311. The molecule has 0 aliphatic carbocycles. The summed E-state index contributed by atoms with van der Waals surface area (Å²) in [5.74, 6) is 0. The van der Waals surface area contributed by atoms with Crippen LogP contribution in [0, 0.1) is 5.41 Å². The van der Waals surface area contributed by atoms with Crippen molar-refractivity contribution in [1.82, 2.24) is 5.32 Å². The summed E-state index contributed by atoms with van der Waals surface area (Å²) in [6.07, 6.45) is 2.32. The van der Waals surface area contributed by atoms with Gasteiger partial charge in [0.05, 0.1) is 3.79 Å². The van der Waals surface area contributed by atoms with Crippen LogP contribution in [0.5, 0.6) is 0 Å². The molecule has 16 heavy (non-hydrogen) atoms. The average Bonchev–Trinajstić information content (AvgIpc) is 2.57. The second kappa shape index (κ2) is 6.18. The maximum Gasteiger partial charge on any atom is 0.0701 e. The molecule has 1 unspecified atom stereocenters. The summed E-state index contributed by atoms with van der Waals surface area (Å²) in [5, 5.41) is 3.66. The van der Waals surface area contributed by atoms with Gasteiger partial charge in [0, 0.05) is 10.9 Å². The zero-order chi connectivity index (χ0) is 12.2. The molecule has 0 spiro atoms. The Balaban J connectivity index is 2.63. The molecule has 1 rings (SSSR count). The standard InChI is InChI=1S/C13H22BrNS/c1-5-8-15-11(13(2,3)4)9-10-6-7-12(14)16-10/h6-7,11,15H,5,8-9H2,1-4H3. The van der Waals surface area contributed by atoms with Crippen molar-refractivity contribution in [1.29, 1.82) is 0 Å². The zero-order valence-corrected chi connectivity index (χ0v) is 13.0. The van der Waals surface area contributed by atoms with Gasteiger partial charge < -0.3 is 5.32 Å². The lowest BCUT2D eigenvalue weighted by molar-refractivity contribution is 0.268. The Hall–Kier alpha value is 0.140. The Morgan fingerprint density at radius 2 is 2.06 bits per heavy atom. The number of hydrogen-bond donors (Lipinski definition) is 1. The Bertz CT molecular complexity index is 314. The molecule has 0 amide bonds. The fraction of sp³-hybridized carbons (Fsp3) is 0.692. The summed E-state index contributed by atoms with van der Waals surface area (Å²) in [7, 11) is 0. The molecule has 0 aromatic carbocycles. The van der Waals surface area contributed by atoms with Crippen LogP contribution in [0.25, 0.3) is 0 Å². The van der Waals surface area contributed by atoms with E-state index in [1.54, 1.807) is 0 Å². The molecule has 3 heteroatoms. The van der Waals surface area contributed by atoms with Crippen LogP contribution in [-0.2, 0) is 6.42 Å². The molecular weight excluding hydrogens is 282 g/mol. The highest BCUT2D eigenvalue weighted by Gasteiger charge is 2.24. The van der Waals surface area contributed by atoms with Crippen LogP contribution in [0.15, 0.2) is 15.9 Å². The van der Waals surface area contributed by atoms with E-state index in [1.807, 2.05) is 11.3 Å². The lowest BCUT2D eigenvalue weighted by atomic mass is 9.84. The Morgan fingerprint density at radius 3 is 2.50 bits per heavy atom. The van der Waals surface area contributed by atoms with Crippen molar-refractivity contribution >= 4 is 27.3 Å². The first kappa shape index (κ1) is 14.2. The van der Waals surface area contributed by atoms with Crippen molar-refractivity contribution in [2.45, 2.75) is 46.6 Å². The third-order valence-corrected chi connectivity index (χ3v) is 4.37. The van der Waals surface area contributed by atoms with Crippen LogP contribution in [0.2, 0.25) is 0 Å². The van der Waals surface area contributed by atoms with E-state index in [9.17, 15) is 0 Å². The van der Waals surface area contributed by atoms with Crippen molar-refractivity contribution < 1.29 is 0 Å². The molecule has 0 bridgehead atoms. The lowest BCUT2D eigenvalue weighted by Gasteiger charge is -2.31. The molecule has 0 aliphatic rings. The highest BCUT2D eigenvalue weighted by molar-refractivity contribution is 9.11. The van der Waals surface area contributed by atoms with E-state index in [0.717, 1.165) is 13.0 Å². The monoisotopic (exact) mass is 303 g/mol. The molecule has 0 radical (unpaired) electrons. The van der Waals surface area contributed by atoms with E-state index < -0.39 is 0 Å². The second-order valence-corrected chi connectivity index (χ2v) is 7.83. The minimum atomic E-state index is 0.311. The SMILES string of the molecule is CCCNC(Cc1ccc(Br)s1)C(C)(C)C. The Morgan fingerprint density at radius 1 is 1.38 bits per heavy atom. The first-order chi connectivity index (χ1) is 7.43. The molecule has 92 valence electrons. The summed E-state index contributed by atoms with van der Waals surface area (Å²) in [6.45, 7) is 10.2. The van der Waals surface area contributed by atoms with Crippen LogP contribution in [-0.4, -0.2) is 12.6 Å². The van der Waals surface area contributed by atoms with Gasteiger partial charge in [0.15, 0.2) is 0 Å². The number of rotatable bonds is 5. The topological polar surface area (TPSA) is 12.0 Å². The summed E-state index contributed by atoms with van der Waals surface area (Å²) in [4.78, 5) is 1.45. The van der Waals surface area contributed by atoms with Crippen LogP contribution >= 0.6 is 27.3 Å². The summed E-state index contributed by atoms with van der Waals surface area (Å²) in [5.41, 5.74) is 0.311. The van der Waals surface area contributed by atoms with Gasteiger partial charge in [0.1, 0.15) is 0 Å². The summed E-state index contributed by atoms with van der Waals surface area (Å²) >= 11 is 5.37. The molecule has 1 heterocycles. The molecule has 0 saturated heterocycles. The number of halogens is 1. The maximum atomic E-state index is 3.66. The van der Waals surface area contributed by atoms with Crippen LogP contribution < -0.4 is 5.32 Å². The van der Waals surface area contributed by atoms with Crippen molar-refractivity contribution in [3.8, 4) is 0 Å². The van der Waals surface area contributed by atoms with Gasteiger partial charge in [-0.1, -0.05) is 27.7 Å². The highest BCUT2D eigenvalue weighted by Crippen LogP contribution is 2.28. The molecular formula is C13H22BrNS. The average molecular weight is 304 g/mol. The summed E-state index contributed by atoms with van der Waals surface area (Å²) < 4.78 is 1.23. The van der Waals surface area contributed by atoms with Crippen molar-refractivity contribution in [3.05, 3.63) is 20.8 Å². The third-order valence-electron chi connectivity index (χ3n) is 2.72. The molecule has 1 nitrogen and oxygen atoms in total. The van der Waals surface area contributed by atoms with Gasteiger partial charge in [0.25, 0.3) is 0 Å². The lowest BCUT2D eigenvalue weighted by Crippen LogP contribution is -2.42. The van der Waals surface area contributed by atoms with E-state index in [-0.39, 0.29) is 0 Å². The smallest absolute Gasteiger partial charge is 0.0701 e. The minimum Gasteiger partial charge on any atom is -0.313 e. The van der Waals surface area contributed by atoms with Crippen molar-refractivity contribution in [2.24, 2.45) is 5.41 Å². The third kappa shape index (κ3) is 4.56. The Kier molecular flexibility index (Phi) is 5.48. The van der Waals surface area contributed by atoms with E-state index in [4.69, 9.17) is 0 Å². The van der Waals surface area contributed by atoms with Crippen LogP contribution in [0.4, 0.5) is 0 Å². The number of thiophene rings is 1. The van der Waals surface area contributed by atoms with Gasteiger partial charge in [0.2, 0.25) is 0 Å². The maximum absolute atomic E-state index is 3.66. The van der Waals surface area contributed by atoms with Gasteiger partial charge in [-0.2, -0.15) is 0 Å². The molecule has 1 aromatic heterocycles. The molecule has 1 atom stereocenters. The fourth-order valence-electron chi connectivity index (χ4n) is 1.67. The van der Waals surface area contributed by atoms with E-state index in [2.05, 4.69) is 61.1 Å². The second-order valence-electron chi connectivity index (χ2n) is 5.28. The normalized spacial score (nSPS) is 14.1. The largest absolute Gasteiger partial charge is 0.313 e. The quantitative estimate of drug-likeness (QED) is 0.846. The van der Waals surface area contributed by atoms with E-state index >= 15 is 0 Å². The number of nitrogens with one attached hydrogen (secondary N) is 1. The predicted octanol–water partition coefficient (Wildman–Crippen LogP) is 4.47. The molecule has 0 aliphatic heterocycles. The Labute approximate surface area is 112 Å². The summed E-state index contributed by atoms with van der Waals surface area (Å²) in [6, 6.07) is 4.92. The van der Waals surface area contributed by atoms with E-state index in [1.165, 1.54) is 15.1 Å². The predicted molar refractivity (Wildman–Crippen MR) is 77.3 cm³/mol. The number of hydrogen-bond acceptors (Lipinski definition) is 2. The molecule has 1 N–H and O–H groups in total. The van der Waals surface area contributed by atoms with Crippen LogP contribution in [0.3, 0.4) is 0 Å². The van der Waals surface area contributed by atoms with Gasteiger partial charge in [-0.3, -0.25) is 0 Å². The van der Waals surface area contributed by atoms with Crippen molar-refractivity contribution in [3.63, 3.8) is 0 Å². The van der Waals surface area contributed by atoms with Gasteiger partial charge in [-0.05, 0) is 52.9 Å². The first-order valence-electron chi connectivity index (χ1n) is 5.91. The molecule has 0 saturated carbocycles. The van der Waals surface area contributed by atoms with Gasteiger partial charge >= 0.3 is 0 Å². The van der Waals surface area contributed by atoms with Gasteiger partial charge in [-0.15, -0.1) is 11.3 Å².